The lowest BCUT2D eigenvalue weighted by atomic mass is 10.5. The highest BCUT2D eigenvalue weighted by molar-refractivity contribution is 5.67. The van der Waals surface area contributed by atoms with Crippen molar-refractivity contribution < 1.29 is 4.68 Å². The molecule has 0 fully saturated rings. The lowest BCUT2D eigenvalue weighted by Gasteiger charge is -1.85. The van der Waals surface area contributed by atoms with Crippen LogP contribution in [0.1, 0.15) is 6.92 Å². The molecule has 2 aromatic rings. The SMILES string of the molecule is CC[n+]1ccc2[nH]cnc2n1. The van der Waals surface area contributed by atoms with Crippen molar-refractivity contribution in [3.8, 4) is 0 Å². The number of nitrogens with one attached hydrogen (secondary N) is 1. The van der Waals surface area contributed by atoms with Gasteiger partial charge in [-0.05, 0) is 6.92 Å². The Morgan fingerprint density at radius 1 is 1.64 bits per heavy atom. The number of imidazole rings is 1. The Morgan fingerprint density at radius 2 is 2.55 bits per heavy atom. The molecule has 0 bridgehead atoms. The molecule has 0 aliphatic rings. The predicted octanol–water partition coefficient (Wildman–Crippen LogP) is 0.265. The lowest BCUT2D eigenvalue weighted by molar-refractivity contribution is -0.748. The Bertz CT molecular complexity index is 365. The van der Waals surface area contributed by atoms with E-state index in [0.29, 0.717) is 0 Å². The fourth-order valence-corrected chi connectivity index (χ4v) is 0.991. The van der Waals surface area contributed by atoms with Gasteiger partial charge < -0.3 is 4.98 Å². The van der Waals surface area contributed by atoms with Crippen LogP contribution in [0, 0.1) is 0 Å². The highest BCUT2D eigenvalue weighted by Gasteiger charge is 2.02. The van der Waals surface area contributed by atoms with Gasteiger partial charge in [0.05, 0.1) is 11.8 Å². The van der Waals surface area contributed by atoms with E-state index in [2.05, 4.69) is 15.1 Å². The summed E-state index contributed by atoms with van der Waals surface area (Å²) in [6.07, 6.45) is 3.58. The Kier molecular flexibility index (Phi) is 1.31. The van der Waals surface area contributed by atoms with Crippen LogP contribution in [-0.2, 0) is 6.54 Å². The first-order chi connectivity index (χ1) is 5.40. The zero-order valence-corrected chi connectivity index (χ0v) is 6.28. The number of rotatable bonds is 1. The second-order valence-corrected chi connectivity index (χ2v) is 2.31. The van der Waals surface area contributed by atoms with Crippen LogP contribution in [0.25, 0.3) is 11.2 Å². The van der Waals surface area contributed by atoms with Crippen LogP contribution in [0.5, 0.6) is 0 Å². The van der Waals surface area contributed by atoms with E-state index in [1.165, 1.54) is 0 Å². The molecule has 0 saturated heterocycles. The third kappa shape index (κ3) is 0.960. The monoisotopic (exact) mass is 149 g/mol. The molecular formula is C7H9N4+. The summed E-state index contributed by atoms with van der Waals surface area (Å²) in [6.45, 7) is 2.92. The molecule has 4 nitrogen and oxygen atoms in total. The number of H-pyrrole nitrogens is 1. The van der Waals surface area contributed by atoms with Crippen LogP contribution in [0.4, 0.5) is 0 Å². The van der Waals surface area contributed by atoms with Gasteiger partial charge in [0.15, 0.2) is 12.7 Å². The van der Waals surface area contributed by atoms with Gasteiger partial charge in [0.2, 0.25) is 5.65 Å². The van der Waals surface area contributed by atoms with E-state index in [4.69, 9.17) is 0 Å². The second-order valence-electron chi connectivity index (χ2n) is 2.31. The molecule has 0 unspecified atom stereocenters. The summed E-state index contributed by atoms with van der Waals surface area (Å²) in [5, 5.41) is 4.23. The molecule has 0 radical (unpaired) electrons. The van der Waals surface area contributed by atoms with Crippen LogP contribution in [0.2, 0.25) is 0 Å². The highest BCUT2D eigenvalue weighted by atomic mass is 15.3. The van der Waals surface area contributed by atoms with Crippen molar-refractivity contribution in [1.82, 2.24) is 15.1 Å². The predicted molar refractivity (Wildman–Crippen MR) is 39.8 cm³/mol. The van der Waals surface area contributed by atoms with Crippen molar-refractivity contribution >= 4 is 11.2 Å². The topological polar surface area (TPSA) is 45.5 Å². The first-order valence-corrected chi connectivity index (χ1v) is 3.60. The van der Waals surface area contributed by atoms with Gasteiger partial charge in [-0.15, -0.1) is 0 Å². The molecule has 0 spiro atoms. The number of nitrogens with zero attached hydrogens (tertiary/aromatic N) is 3. The van der Waals surface area contributed by atoms with E-state index < -0.39 is 0 Å². The molecule has 0 aliphatic carbocycles. The molecule has 1 N–H and O–H groups in total. The van der Waals surface area contributed by atoms with Gasteiger partial charge in [0, 0.05) is 11.2 Å². The Balaban J connectivity index is 2.67. The number of aromatic amines is 1. The summed E-state index contributed by atoms with van der Waals surface area (Å²) in [5.41, 5.74) is 1.75. The standard InChI is InChI=1S/C7H8N4/c1-2-11-4-3-6-7(10-11)9-5-8-6/h3-5H,2H2,1H3/p+1. The molecule has 2 heterocycles. The fraction of sp³-hybridized carbons (Fsp3) is 0.286. The molecule has 2 rings (SSSR count). The Hall–Kier alpha value is -1.45. The van der Waals surface area contributed by atoms with Crippen LogP contribution in [-0.4, -0.2) is 15.1 Å². The number of aromatic nitrogens is 4. The molecule has 0 aromatic carbocycles. The minimum atomic E-state index is 0.773. The van der Waals surface area contributed by atoms with Crippen molar-refractivity contribution in [2.24, 2.45) is 0 Å². The summed E-state index contributed by atoms with van der Waals surface area (Å²) in [5.74, 6) is 0. The summed E-state index contributed by atoms with van der Waals surface area (Å²) in [4.78, 5) is 7.02. The maximum atomic E-state index is 4.23. The van der Waals surface area contributed by atoms with Crippen molar-refractivity contribution in [3.05, 3.63) is 18.6 Å². The third-order valence-corrected chi connectivity index (χ3v) is 1.61. The van der Waals surface area contributed by atoms with E-state index >= 15 is 0 Å². The molecule has 2 aromatic heterocycles. The highest BCUT2D eigenvalue weighted by Crippen LogP contribution is 1.99. The van der Waals surface area contributed by atoms with E-state index in [0.717, 1.165) is 17.7 Å². The maximum Gasteiger partial charge on any atom is 0.244 e. The van der Waals surface area contributed by atoms with Crippen molar-refractivity contribution in [2.45, 2.75) is 13.5 Å². The van der Waals surface area contributed by atoms with Crippen LogP contribution in [0.3, 0.4) is 0 Å². The quantitative estimate of drug-likeness (QED) is 0.591. The van der Waals surface area contributed by atoms with Crippen molar-refractivity contribution in [2.75, 3.05) is 0 Å². The summed E-state index contributed by atoms with van der Waals surface area (Å²) < 4.78 is 1.85. The number of hydrogen-bond acceptors (Lipinski definition) is 2. The normalized spacial score (nSPS) is 10.6. The molecule has 0 atom stereocenters. The molecule has 4 heteroatoms. The van der Waals surface area contributed by atoms with Crippen LogP contribution >= 0.6 is 0 Å². The van der Waals surface area contributed by atoms with Gasteiger partial charge in [-0.3, -0.25) is 0 Å². The average molecular weight is 149 g/mol. The first-order valence-electron chi connectivity index (χ1n) is 3.60. The molecule has 11 heavy (non-hydrogen) atoms. The van der Waals surface area contributed by atoms with Crippen molar-refractivity contribution in [1.29, 1.82) is 0 Å². The number of hydrogen-bond donors (Lipinski definition) is 1. The molecule has 0 amide bonds. The van der Waals surface area contributed by atoms with Crippen molar-refractivity contribution in [3.63, 3.8) is 0 Å². The second kappa shape index (κ2) is 2.30. The zero-order valence-electron chi connectivity index (χ0n) is 6.28. The smallest absolute Gasteiger partial charge is 0.244 e. The van der Waals surface area contributed by atoms with E-state index in [1.54, 1.807) is 6.33 Å². The maximum absolute atomic E-state index is 4.23. The van der Waals surface area contributed by atoms with Gasteiger partial charge in [-0.25, -0.2) is 4.98 Å². The summed E-state index contributed by atoms with van der Waals surface area (Å²) in [6, 6.07) is 1.97. The molecular weight excluding hydrogens is 140 g/mol. The van der Waals surface area contributed by atoms with E-state index in [1.807, 2.05) is 23.9 Å². The van der Waals surface area contributed by atoms with Gasteiger partial charge in [-0.2, -0.15) is 0 Å². The first kappa shape index (κ1) is 6.27. The fourth-order valence-electron chi connectivity index (χ4n) is 0.991. The molecule has 0 saturated carbocycles. The Morgan fingerprint density at radius 3 is 3.36 bits per heavy atom. The third-order valence-electron chi connectivity index (χ3n) is 1.61. The van der Waals surface area contributed by atoms with Gasteiger partial charge in [-0.1, -0.05) is 4.68 Å². The molecule has 0 aliphatic heterocycles. The number of fused-ring (bicyclic) bond motifs is 1. The average Bonchev–Trinajstić information content (AvgIpc) is 2.50. The van der Waals surface area contributed by atoms with E-state index in [-0.39, 0.29) is 0 Å². The largest absolute Gasteiger partial charge is 0.343 e. The minimum absolute atomic E-state index is 0.773. The zero-order chi connectivity index (χ0) is 7.68. The molecule has 56 valence electrons. The van der Waals surface area contributed by atoms with Crippen LogP contribution < -0.4 is 4.68 Å². The Labute approximate surface area is 63.9 Å². The summed E-state index contributed by atoms with van der Waals surface area (Å²) >= 11 is 0. The van der Waals surface area contributed by atoms with Gasteiger partial charge >= 0.3 is 0 Å². The summed E-state index contributed by atoms with van der Waals surface area (Å²) in [7, 11) is 0. The minimum Gasteiger partial charge on any atom is -0.343 e. The van der Waals surface area contributed by atoms with Crippen LogP contribution in [0.15, 0.2) is 18.6 Å². The number of aryl methyl sites for hydroxylation is 1. The van der Waals surface area contributed by atoms with Gasteiger partial charge in [0.25, 0.3) is 0 Å². The van der Waals surface area contributed by atoms with Gasteiger partial charge in [0.1, 0.15) is 0 Å². The van der Waals surface area contributed by atoms with E-state index in [9.17, 15) is 0 Å². The lowest BCUT2D eigenvalue weighted by Crippen LogP contribution is -2.35.